The number of fused-ring (bicyclic) bond motifs is 1. The Kier molecular flexibility index (Phi) is 6.27. The first-order chi connectivity index (χ1) is 14.0. The lowest BCUT2D eigenvalue weighted by Crippen LogP contribution is -2.33. The van der Waals surface area contributed by atoms with Crippen LogP contribution in [0.25, 0.3) is 0 Å². The summed E-state index contributed by atoms with van der Waals surface area (Å²) in [4.78, 5) is 16.1. The fraction of sp³-hybridized carbons (Fsp3) is 0.381. The van der Waals surface area contributed by atoms with Crippen LogP contribution in [0.15, 0.2) is 36.4 Å². The topological polar surface area (TPSA) is 120 Å². The number of aryl methyl sites for hydroxylation is 1. The Morgan fingerprint density at radius 3 is 2.67 bits per heavy atom. The van der Waals surface area contributed by atoms with Gasteiger partial charge in [-0.25, -0.2) is 4.39 Å². The van der Waals surface area contributed by atoms with Gasteiger partial charge in [0.15, 0.2) is 6.61 Å². The lowest BCUT2D eigenvalue weighted by atomic mass is 9.87. The number of halogens is 1. The van der Waals surface area contributed by atoms with Crippen molar-refractivity contribution < 1.29 is 34.1 Å². The van der Waals surface area contributed by atoms with E-state index >= 15 is 0 Å². The molecule has 0 radical (unpaired) electrons. The van der Waals surface area contributed by atoms with Gasteiger partial charge in [-0.05, 0) is 59.2 Å². The largest absolute Gasteiger partial charge is 0.484 e. The number of carbonyl (C=O) groups is 1. The molecular formula is C21H25FN2O6. The van der Waals surface area contributed by atoms with Crippen LogP contribution in [0.4, 0.5) is 10.1 Å². The van der Waals surface area contributed by atoms with Crippen molar-refractivity contribution in [1.29, 1.82) is 0 Å². The molecule has 0 fully saturated rings. The van der Waals surface area contributed by atoms with Gasteiger partial charge in [-0.3, -0.25) is 10.3 Å². The molecule has 1 aliphatic rings. The number of amides is 1. The second-order valence-corrected chi connectivity index (χ2v) is 7.86. The number of anilines is 1. The van der Waals surface area contributed by atoms with E-state index in [1.165, 1.54) is 23.3 Å². The van der Waals surface area contributed by atoms with Crippen LogP contribution >= 0.6 is 0 Å². The SMILES string of the molecule is CC1(C)CCc2cc(OCC(=O)NCc3ccc(NOC(O)(O)O)c(F)c3)ccc21. The molecule has 0 saturated carbocycles. The maximum atomic E-state index is 14.0. The van der Waals surface area contributed by atoms with E-state index in [-0.39, 0.29) is 30.2 Å². The number of hydrogen-bond donors (Lipinski definition) is 5. The minimum Gasteiger partial charge on any atom is -0.484 e. The normalized spacial score (nSPS) is 14.9. The number of carbonyl (C=O) groups excluding carboxylic acids is 1. The molecule has 0 saturated heterocycles. The summed E-state index contributed by atoms with van der Waals surface area (Å²) >= 11 is 0. The molecule has 0 aliphatic heterocycles. The highest BCUT2D eigenvalue weighted by Crippen LogP contribution is 2.39. The second kappa shape index (κ2) is 8.57. The fourth-order valence-electron chi connectivity index (χ4n) is 3.38. The van der Waals surface area contributed by atoms with Gasteiger partial charge in [0.25, 0.3) is 5.91 Å². The van der Waals surface area contributed by atoms with E-state index in [0.717, 1.165) is 18.9 Å². The number of benzene rings is 2. The molecule has 3 rings (SSSR count). The molecule has 0 unspecified atom stereocenters. The van der Waals surface area contributed by atoms with E-state index < -0.39 is 12.0 Å². The number of nitrogens with one attached hydrogen (secondary N) is 2. The highest BCUT2D eigenvalue weighted by atomic mass is 19.1. The minimum absolute atomic E-state index is 0.0720. The second-order valence-electron chi connectivity index (χ2n) is 7.86. The van der Waals surface area contributed by atoms with Crippen molar-refractivity contribution >= 4 is 11.6 Å². The molecule has 162 valence electrons. The van der Waals surface area contributed by atoms with Crippen molar-refractivity contribution in [1.82, 2.24) is 5.32 Å². The predicted octanol–water partition coefficient (Wildman–Crippen LogP) is 1.68. The van der Waals surface area contributed by atoms with Crippen molar-refractivity contribution in [2.24, 2.45) is 0 Å². The summed E-state index contributed by atoms with van der Waals surface area (Å²) in [5.41, 5.74) is 4.83. The van der Waals surface area contributed by atoms with Crippen molar-refractivity contribution in [2.75, 3.05) is 12.1 Å². The lowest BCUT2D eigenvalue weighted by Gasteiger charge is -2.19. The quantitative estimate of drug-likeness (QED) is 0.325. The molecule has 5 N–H and O–H groups in total. The number of ether oxygens (including phenoxy) is 1. The zero-order valence-electron chi connectivity index (χ0n) is 16.7. The van der Waals surface area contributed by atoms with Crippen molar-refractivity contribution in [3.05, 3.63) is 58.9 Å². The molecule has 30 heavy (non-hydrogen) atoms. The fourth-order valence-corrected chi connectivity index (χ4v) is 3.38. The van der Waals surface area contributed by atoms with Crippen molar-refractivity contribution in [2.45, 2.75) is 44.8 Å². The molecule has 8 nitrogen and oxygen atoms in total. The summed E-state index contributed by atoms with van der Waals surface area (Å²) in [6.45, 7) is 4.33. The van der Waals surface area contributed by atoms with Gasteiger partial charge < -0.3 is 25.4 Å². The summed E-state index contributed by atoms with van der Waals surface area (Å²) in [7, 11) is 0. The average molecular weight is 420 g/mol. The first-order valence-electron chi connectivity index (χ1n) is 9.46. The third-order valence-corrected chi connectivity index (χ3v) is 5.02. The smallest absolute Gasteiger partial charge is 0.426 e. The third-order valence-electron chi connectivity index (χ3n) is 5.02. The first kappa shape index (κ1) is 22.0. The average Bonchev–Trinajstić information content (AvgIpc) is 2.97. The highest BCUT2D eigenvalue weighted by Gasteiger charge is 2.29. The zero-order valence-corrected chi connectivity index (χ0v) is 16.7. The van der Waals surface area contributed by atoms with Crippen LogP contribution in [0.3, 0.4) is 0 Å². The van der Waals surface area contributed by atoms with Gasteiger partial charge in [-0.15, -0.1) is 0 Å². The molecule has 0 atom stereocenters. The maximum absolute atomic E-state index is 14.0. The van der Waals surface area contributed by atoms with Gasteiger partial charge in [0, 0.05) is 6.54 Å². The van der Waals surface area contributed by atoms with Crippen molar-refractivity contribution in [3.8, 4) is 5.75 Å². The number of aliphatic hydroxyl groups is 3. The molecule has 9 heteroatoms. The minimum atomic E-state index is -3.44. The Morgan fingerprint density at radius 2 is 1.97 bits per heavy atom. The summed E-state index contributed by atoms with van der Waals surface area (Å²) in [5.74, 6) is -0.494. The monoisotopic (exact) mass is 420 g/mol. The van der Waals surface area contributed by atoms with Crippen molar-refractivity contribution in [3.63, 3.8) is 0 Å². The van der Waals surface area contributed by atoms with E-state index in [4.69, 9.17) is 20.1 Å². The van der Waals surface area contributed by atoms with Gasteiger partial charge in [-0.2, -0.15) is 4.84 Å². The maximum Gasteiger partial charge on any atom is 0.426 e. The highest BCUT2D eigenvalue weighted by molar-refractivity contribution is 5.77. The van der Waals surface area contributed by atoms with Crippen LogP contribution in [-0.4, -0.2) is 34.0 Å². The third kappa shape index (κ3) is 5.67. The standard InChI is InChI=1S/C21H25FN2O6/c1-20(2)8-7-14-10-15(4-5-16(14)20)29-12-19(25)23-11-13-3-6-18(17(22)9-13)24-30-21(26,27)28/h3-6,9-10,24,26-28H,7-8,11-12H2,1-2H3,(H,23,25). The van der Waals surface area contributed by atoms with Gasteiger partial charge in [0.2, 0.25) is 0 Å². The number of rotatable bonds is 8. The van der Waals surface area contributed by atoms with E-state index in [9.17, 15) is 9.18 Å². The van der Waals surface area contributed by atoms with Gasteiger partial charge in [0.1, 0.15) is 11.6 Å². The molecule has 2 aromatic carbocycles. The van der Waals surface area contributed by atoms with E-state index in [2.05, 4.69) is 24.0 Å². The van der Waals surface area contributed by atoms with Gasteiger partial charge in [0.05, 0.1) is 5.69 Å². The van der Waals surface area contributed by atoms with E-state index in [1.54, 1.807) is 0 Å². The van der Waals surface area contributed by atoms with E-state index in [0.29, 0.717) is 11.3 Å². The molecule has 0 heterocycles. The zero-order chi connectivity index (χ0) is 21.9. The molecule has 0 spiro atoms. The molecule has 0 bridgehead atoms. The van der Waals surface area contributed by atoms with Crippen LogP contribution in [0.1, 0.15) is 37.0 Å². The Bertz CT molecular complexity index is 926. The molecular weight excluding hydrogens is 395 g/mol. The molecule has 2 aromatic rings. The first-order valence-corrected chi connectivity index (χ1v) is 9.46. The number of hydrogen-bond acceptors (Lipinski definition) is 7. The Hall–Kier alpha value is -2.72. The predicted molar refractivity (Wildman–Crippen MR) is 106 cm³/mol. The Balaban J connectivity index is 1.48. The van der Waals surface area contributed by atoms with Crippen LogP contribution in [0, 0.1) is 5.82 Å². The summed E-state index contributed by atoms with van der Waals surface area (Å²) in [6.07, 6.45) is -1.36. The Labute approximate surface area is 173 Å². The summed E-state index contributed by atoms with van der Waals surface area (Å²) < 4.78 is 19.5. The lowest BCUT2D eigenvalue weighted by molar-refractivity contribution is -0.446. The summed E-state index contributed by atoms with van der Waals surface area (Å²) in [6, 6.07) is 9.76. The Morgan fingerprint density at radius 1 is 1.20 bits per heavy atom. The summed E-state index contributed by atoms with van der Waals surface area (Å²) in [5, 5.41) is 28.5. The van der Waals surface area contributed by atoms with E-state index in [1.807, 2.05) is 23.7 Å². The molecule has 0 aromatic heterocycles. The van der Waals surface area contributed by atoms with Crippen LogP contribution in [-0.2, 0) is 28.0 Å². The van der Waals surface area contributed by atoms with Gasteiger partial charge >= 0.3 is 6.16 Å². The van der Waals surface area contributed by atoms with Crippen LogP contribution in [0.2, 0.25) is 0 Å². The van der Waals surface area contributed by atoms with Crippen LogP contribution in [0.5, 0.6) is 5.75 Å². The van der Waals surface area contributed by atoms with Gasteiger partial charge in [-0.1, -0.05) is 26.0 Å². The molecule has 1 amide bonds. The molecule has 1 aliphatic carbocycles. The van der Waals surface area contributed by atoms with Crippen LogP contribution < -0.4 is 15.5 Å².